The van der Waals surface area contributed by atoms with E-state index in [1.807, 2.05) is 6.20 Å². The molecule has 0 N–H and O–H groups in total. The van der Waals surface area contributed by atoms with Gasteiger partial charge in [-0.2, -0.15) is 0 Å². The molecule has 0 bridgehead atoms. The van der Waals surface area contributed by atoms with Crippen LogP contribution in [0.5, 0.6) is 0 Å². The Kier molecular flexibility index (Phi) is 3.07. The van der Waals surface area contributed by atoms with E-state index < -0.39 is 0 Å². The maximum Gasteiger partial charge on any atom is 0.0433 e. The van der Waals surface area contributed by atoms with Crippen molar-refractivity contribution in [1.82, 2.24) is 4.98 Å². The lowest BCUT2D eigenvalue weighted by molar-refractivity contribution is 0.826. The summed E-state index contributed by atoms with van der Waals surface area (Å²) in [5.74, 6) is 0.605. The maximum absolute atomic E-state index is 4.44. The van der Waals surface area contributed by atoms with Crippen LogP contribution in [0, 0.1) is 13.8 Å². The third-order valence-electron chi connectivity index (χ3n) is 2.59. The molecule has 1 rings (SSSR count). The van der Waals surface area contributed by atoms with Gasteiger partial charge < -0.3 is 0 Å². The van der Waals surface area contributed by atoms with E-state index in [0.717, 1.165) is 6.42 Å². The van der Waals surface area contributed by atoms with Gasteiger partial charge in [0.05, 0.1) is 0 Å². The van der Waals surface area contributed by atoms with Gasteiger partial charge in [0.1, 0.15) is 0 Å². The number of nitrogens with zero attached hydrogens (tertiary/aromatic N) is 1. The number of aromatic nitrogens is 1. The van der Waals surface area contributed by atoms with Crippen LogP contribution in [-0.2, 0) is 6.42 Å². The Morgan fingerprint density at radius 2 is 1.92 bits per heavy atom. The Morgan fingerprint density at radius 1 is 1.31 bits per heavy atom. The third-order valence-corrected chi connectivity index (χ3v) is 2.59. The normalized spacial score (nSPS) is 10.9. The topological polar surface area (TPSA) is 12.9 Å². The largest absolute Gasteiger partial charge is 0.261 e. The summed E-state index contributed by atoms with van der Waals surface area (Å²) in [6, 6.07) is 0. The van der Waals surface area contributed by atoms with Crippen molar-refractivity contribution < 1.29 is 0 Å². The van der Waals surface area contributed by atoms with Gasteiger partial charge >= 0.3 is 0 Å². The number of hydrogen-bond donors (Lipinski definition) is 0. The molecule has 1 heteroatoms. The molecule has 0 spiro atoms. The molecular formula is C12H19N. The van der Waals surface area contributed by atoms with Gasteiger partial charge in [-0.05, 0) is 42.9 Å². The van der Waals surface area contributed by atoms with Crippen LogP contribution in [0.1, 0.15) is 49.1 Å². The van der Waals surface area contributed by atoms with Crippen LogP contribution in [0.4, 0.5) is 0 Å². The summed E-state index contributed by atoms with van der Waals surface area (Å²) in [6.45, 7) is 11.0. The minimum Gasteiger partial charge on any atom is -0.261 e. The second-order valence-electron chi connectivity index (χ2n) is 3.93. The van der Waals surface area contributed by atoms with Gasteiger partial charge in [-0.1, -0.05) is 20.8 Å². The minimum atomic E-state index is 0.605. The zero-order valence-corrected chi connectivity index (χ0v) is 9.31. The molecule has 0 saturated carbocycles. The Hall–Kier alpha value is -0.850. The second-order valence-corrected chi connectivity index (χ2v) is 3.93. The van der Waals surface area contributed by atoms with E-state index in [9.17, 15) is 0 Å². The van der Waals surface area contributed by atoms with Crippen LogP contribution in [0.2, 0.25) is 0 Å². The van der Waals surface area contributed by atoms with Crippen LogP contribution in [0.15, 0.2) is 6.20 Å². The first-order valence-corrected chi connectivity index (χ1v) is 5.02. The fraction of sp³-hybridized carbons (Fsp3) is 0.583. The molecule has 1 aromatic heterocycles. The molecule has 13 heavy (non-hydrogen) atoms. The first-order chi connectivity index (χ1) is 6.07. The highest BCUT2D eigenvalue weighted by Gasteiger charge is 2.10. The summed E-state index contributed by atoms with van der Waals surface area (Å²) in [7, 11) is 0. The van der Waals surface area contributed by atoms with Crippen molar-refractivity contribution >= 4 is 0 Å². The highest BCUT2D eigenvalue weighted by atomic mass is 14.7. The van der Waals surface area contributed by atoms with Crippen molar-refractivity contribution in [1.29, 1.82) is 0 Å². The molecule has 0 fully saturated rings. The third kappa shape index (κ3) is 1.90. The molecule has 0 amide bonds. The van der Waals surface area contributed by atoms with Gasteiger partial charge in [0, 0.05) is 11.9 Å². The van der Waals surface area contributed by atoms with E-state index >= 15 is 0 Å². The molecule has 0 aromatic carbocycles. The summed E-state index contributed by atoms with van der Waals surface area (Å²) < 4.78 is 0. The molecule has 0 aliphatic heterocycles. The number of aryl methyl sites for hydroxylation is 2. The number of hydrogen-bond acceptors (Lipinski definition) is 1. The summed E-state index contributed by atoms with van der Waals surface area (Å²) in [5, 5.41) is 0. The zero-order valence-electron chi connectivity index (χ0n) is 9.31. The van der Waals surface area contributed by atoms with E-state index in [-0.39, 0.29) is 0 Å². The van der Waals surface area contributed by atoms with Crippen LogP contribution >= 0.6 is 0 Å². The van der Waals surface area contributed by atoms with Gasteiger partial charge in [-0.3, -0.25) is 4.98 Å². The van der Waals surface area contributed by atoms with Gasteiger partial charge in [-0.25, -0.2) is 0 Å². The lowest BCUT2D eigenvalue weighted by Gasteiger charge is -2.15. The van der Waals surface area contributed by atoms with Crippen molar-refractivity contribution in [3.05, 3.63) is 28.6 Å². The Morgan fingerprint density at radius 3 is 2.38 bits per heavy atom. The zero-order chi connectivity index (χ0) is 10.0. The summed E-state index contributed by atoms with van der Waals surface area (Å²) >= 11 is 0. The second kappa shape index (κ2) is 3.91. The fourth-order valence-electron chi connectivity index (χ4n) is 2.04. The molecule has 0 radical (unpaired) electrons. The predicted molar refractivity (Wildman–Crippen MR) is 57.2 cm³/mol. The SMILES string of the molecule is CCc1ncc(C)c(C(C)C)c1C. The van der Waals surface area contributed by atoms with Crippen LogP contribution in [0.25, 0.3) is 0 Å². The maximum atomic E-state index is 4.44. The molecule has 0 unspecified atom stereocenters. The lowest BCUT2D eigenvalue weighted by Crippen LogP contribution is -2.02. The molecule has 0 aliphatic carbocycles. The van der Waals surface area contributed by atoms with Gasteiger partial charge in [-0.15, -0.1) is 0 Å². The molecule has 0 aliphatic rings. The Labute approximate surface area is 81.2 Å². The van der Waals surface area contributed by atoms with E-state index in [0.29, 0.717) is 5.92 Å². The van der Waals surface area contributed by atoms with Crippen molar-refractivity contribution in [2.45, 2.75) is 47.0 Å². The molecule has 1 nitrogen and oxygen atoms in total. The van der Waals surface area contributed by atoms with E-state index in [1.165, 1.54) is 22.4 Å². The van der Waals surface area contributed by atoms with Crippen LogP contribution in [-0.4, -0.2) is 4.98 Å². The average Bonchev–Trinajstić information content (AvgIpc) is 2.04. The quantitative estimate of drug-likeness (QED) is 0.674. The van der Waals surface area contributed by atoms with Crippen molar-refractivity contribution in [2.75, 3.05) is 0 Å². The average molecular weight is 177 g/mol. The number of rotatable bonds is 2. The van der Waals surface area contributed by atoms with Gasteiger partial charge in [0.2, 0.25) is 0 Å². The number of pyridine rings is 1. The van der Waals surface area contributed by atoms with E-state index in [1.54, 1.807) is 0 Å². The minimum absolute atomic E-state index is 0.605. The summed E-state index contributed by atoms with van der Waals surface area (Å²) in [4.78, 5) is 4.44. The standard InChI is InChI=1S/C12H19N/c1-6-11-10(5)12(8(2)3)9(4)7-13-11/h7-8H,6H2,1-5H3. The van der Waals surface area contributed by atoms with E-state index in [2.05, 4.69) is 39.6 Å². The lowest BCUT2D eigenvalue weighted by atomic mass is 9.93. The highest BCUT2D eigenvalue weighted by molar-refractivity contribution is 5.37. The van der Waals surface area contributed by atoms with Gasteiger partial charge in [0.25, 0.3) is 0 Å². The Bertz CT molecular complexity index is 300. The molecule has 72 valence electrons. The van der Waals surface area contributed by atoms with Crippen molar-refractivity contribution in [3.63, 3.8) is 0 Å². The monoisotopic (exact) mass is 177 g/mol. The summed E-state index contributed by atoms with van der Waals surface area (Å²) in [5.41, 5.74) is 5.43. The Balaban J connectivity index is 3.30. The molecule has 1 aromatic rings. The molecule has 0 atom stereocenters. The fourth-order valence-corrected chi connectivity index (χ4v) is 2.04. The molecule has 0 saturated heterocycles. The van der Waals surface area contributed by atoms with Crippen molar-refractivity contribution in [2.24, 2.45) is 0 Å². The molecular weight excluding hydrogens is 158 g/mol. The predicted octanol–water partition coefficient (Wildman–Crippen LogP) is 3.38. The van der Waals surface area contributed by atoms with Crippen LogP contribution < -0.4 is 0 Å². The first-order valence-electron chi connectivity index (χ1n) is 5.02. The first kappa shape index (κ1) is 10.2. The smallest absolute Gasteiger partial charge is 0.0433 e. The molecule has 1 heterocycles. The van der Waals surface area contributed by atoms with Crippen molar-refractivity contribution in [3.8, 4) is 0 Å². The summed E-state index contributed by atoms with van der Waals surface area (Å²) in [6.07, 6.45) is 3.03. The van der Waals surface area contributed by atoms with E-state index in [4.69, 9.17) is 0 Å². The van der Waals surface area contributed by atoms with Gasteiger partial charge in [0.15, 0.2) is 0 Å². The van der Waals surface area contributed by atoms with Crippen LogP contribution in [0.3, 0.4) is 0 Å². The highest BCUT2D eigenvalue weighted by Crippen LogP contribution is 2.24.